The molecule has 1 amide bonds. The van der Waals surface area contributed by atoms with Gasteiger partial charge in [0.25, 0.3) is 5.91 Å². The molecule has 2 heterocycles. The smallest absolute Gasteiger partial charge is 0.293 e. The normalized spacial score (nSPS) is 11.5. The second-order valence-electron chi connectivity index (χ2n) is 6.07. The third-order valence-corrected chi connectivity index (χ3v) is 5.13. The Morgan fingerprint density at radius 1 is 1.33 bits per heavy atom. The van der Waals surface area contributed by atoms with Gasteiger partial charge in [0.15, 0.2) is 5.69 Å². The third kappa shape index (κ3) is 4.58. The first-order chi connectivity index (χ1) is 14.5. The van der Waals surface area contributed by atoms with Gasteiger partial charge in [0, 0.05) is 12.1 Å². The first-order valence-corrected chi connectivity index (χ1v) is 9.74. The maximum Gasteiger partial charge on any atom is 0.293 e. The average Bonchev–Trinajstić information content (AvgIpc) is 3.34. The molecule has 30 heavy (non-hydrogen) atoms. The predicted octanol–water partition coefficient (Wildman–Crippen LogP) is 2.15. The molecule has 0 atom stereocenters. The van der Waals surface area contributed by atoms with Crippen LogP contribution in [0.4, 0.5) is 5.82 Å². The molecular weight excluding hydrogens is 433 g/mol. The Balaban J connectivity index is 1.87. The van der Waals surface area contributed by atoms with E-state index in [2.05, 4.69) is 40.7 Å². The zero-order valence-electron chi connectivity index (χ0n) is 16.2. The zero-order valence-corrected chi connectivity index (χ0v) is 17.7. The fourth-order valence-electron chi connectivity index (χ4n) is 2.62. The van der Waals surface area contributed by atoms with E-state index in [1.165, 1.54) is 10.9 Å². The molecule has 3 rings (SSSR count). The highest BCUT2D eigenvalue weighted by atomic mass is 35.5. The van der Waals surface area contributed by atoms with Gasteiger partial charge in [-0.2, -0.15) is 9.78 Å². The molecule has 2 aromatic heterocycles. The molecule has 0 bridgehead atoms. The number of hydrogen-bond donors (Lipinski definition) is 2. The first kappa shape index (κ1) is 21.7. The lowest BCUT2D eigenvalue weighted by molar-refractivity contribution is 0.0948. The van der Waals surface area contributed by atoms with E-state index >= 15 is 0 Å². The minimum atomic E-state index is -0.562. The molecule has 0 aliphatic rings. The monoisotopic (exact) mass is 451 g/mol. The molecule has 0 fully saturated rings. The van der Waals surface area contributed by atoms with Crippen molar-refractivity contribution in [1.82, 2.24) is 35.6 Å². The summed E-state index contributed by atoms with van der Waals surface area (Å²) < 4.78 is 5.97. The molecular formula is C17H19Cl2N9O2. The Morgan fingerprint density at radius 3 is 2.77 bits per heavy atom. The van der Waals surface area contributed by atoms with Crippen molar-refractivity contribution in [2.45, 2.75) is 20.4 Å². The quantitative estimate of drug-likeness (QED) is 0.391. The van der Waals surface area contributed by atoms with Gasteiger partial charge in [-0.25, -0.2) is 10.1 Å². The summed E-state index contributed by atoms with van der Waals surface area (Å²) >= 11 is 12.1. The van der Waals surface area contributed by atoms with Crippen molar-refractivity contribution in [2.75, 3.05) is 18.8 Å². The highest BCUT2D eigenvalue weighted by Crippen LogP contribution is 2.24. The van der Waals surface area contributed by atoms with E-state index in [-0.39, 0.29) is 17.3 Å². The van der Waals surface area contributed by atoms with Crippen LogP contribution in [-0.4, -0.2) is 55.4 Å². The fraction of sp³-hybridized carbons (Fsp3) is 0.294. The number of nitrogens with two attached hydrogens (primary N) is 1. The summed E-state index contributed by atoms with van der Waals surface area (Å²) in [6, 6.07) is 5.09. The van der Waals surface area contributed by atoms with Gasteiger partial charge in [-0.15, -0.1) is 5.10 Å². The van der Waals surface area contributed by atoms with Crippen LogP contribution in [0.1, 0.15) is 35.6 Å². The minimum Gasteiger partial charge on any atom is -0.378 e. The third-order valence-electron chi connectivity index (χ3n) is 4.29. The Morgan fingerprint density at radius 2 is 2.10 bits per heavy atom. The molecule has 0 radical (unpaired) electrons. The maximum atomic E-state index is 12.7. The molecule has 0 saturated carbocycles. The lowest BCUT2D eigenvalue weighted by Gasteiger charge is -2.18. The molecule has 11 nitrogen and oxygen atoms in total. The number of aromatic nitrogens is 5. The molecule has 0 unspecified atom stereocenters. The second kappa shape index (κ2) is 9.65. The summed E-state index contributed by atoms with van der Waals surface area (Å²) in [5.41, 5.74) is 9.29. The molecule has 0 aliphatic heterocycles. The van der Waals surface area contributed by atoms with Gasteiger partial charge in [0.05, 0.1) is 22.0 Å². The van der Waals surface area contributed by atoms with Gasteiger partial charge < -0.3 is 5.73 Å². The van der Waals surface area contributed by atoms with Crippen molar-refractivity contribution >= 4 is 41.1 Å². The number of carbonyl (C=O) groups is 1. The number of benzene rings is 1. The lowest BCUT2D eigenvalue weighted by atomic mass is 10.2. The average molecular weight is 452 g/mol. The van der Waals surface area contributed by atoms with E-state index in [1.54, 1.807) is 18.2 Å². The van der Waals surface area contributed by atoms with E-state index in [1.807, 2.05) is 13.8 Å². The number of halogens is 2. The van der Waals surface area contributed by atoms with Crippen molar-refractivity contribution in [2.24, 2.45) is 5.10 Å². The highest BCUT2D eigenvalue weighted by molar-refractivity contribution is 6.43. The van der Waals surface area contributed by atoms with Crippen LogP contribution in [0.15, 0.2) is 27.9 Å². The number of carbonyl (C=O) groups excluding carboxylic acids is 1. The Kier molecular flexibility index (Phi) is 6.98. The van der Waals surface area contributed by atoms with Gasteiger partial charge in [-0.1, -0.05) is 54.4 Å². The minimum absolute atomic E-state index is 0.0290. The van der Waals surface area contributed by atoms with Crippen LogP contribution >= 0.6 is 23.2 Å². The SMILES string of the molecule is CCN(CC)Cc1c(C(=O)N/N=C/c2cccc(Cl)c2Cl)nnn1-c1nonc1N. The number of hydrogen-bond acceptors (Lipinski definition) is 9. The Hall–Kier alpha value is -3.02. The summed E-state index contributed by atoms with van der Waals surface area (Å²) in [6.45, 7) is 5.88. The number of anilines is 1. The molecule has 0 saturated heterocycles. The van der Waals surface area contributed by atoms with Gasteiger partial charge in [0.2, 0.25) is 11.6 Å². The topological polar surface area (TPSA) is 140 Å². The number of nitrogen functional groups attached to an aromatic ring is 1. The highest BCUT2D eigenvalue weighted by Gasteiger charge is 2.24. The molecule has 0 spiro atoms. The molecule has 13 heteroatoms. The standard InChI is InChI=1S/C17H19Cl2N9O2/c1-3-27(4-2)9-12-14(22-26-28(12)16-15(20)24-30-25-16)17(29)23-21-8-10-6-5-7-11(18)13(10)19/h5-8H,3-4,9H2,1-2H3,(H2,20,24)(H,23,29)/b21-8+. The molecule has 1 aromatic carbocycles. The van der Waals surface area contributed by atoms with Crippen LogP contribution in [0.3, 0.4) is 0 Å². The number of amides is 1. The second-order valence-corrected chi connectivity index (χ2v) is 6.86. The summed E-state index contributed by atoms with van der Waals surface area (Å²) in [7, 11) is 0. The van der Waals surface area contributed by atoms with Crippen molar-refractivity contribution in [3.63, 3.8) is 0 Å². The summed E-state index contributed by atoms with van der Waals surface area (Å²) in [5.74, 6) is -0.382. The number of nitrogens with zero attached hydrogens (tertiary/aromatic N) is 7. The largest absolute Gasteiger partial charge is 0.378 e. The van der Waals surface area contributed by atoms with Crippen LogP contribution in [0.2, 0.25) is 10.0 Å². The molecule has 0 aliphatic carbocycles. The van der Waals surface area contributed by atoms with Crippen LogP contribution in [0.5, 0.6) is 0 Å². The van der Waals surface area contributed by atoms with E-state index in [0.717, 1.165) is 13.1 Å². The Bertz CT molecular complexity index is 1060. The lowest BCUT2D eigenvalue weighted by Crippen LogP contribution is -2.27. The van der Waals surface area contributed by atoms with Gasteiger partial charge >= 0.3 is 0 Å². The van der Waals surface area contributed by atoms with E-state index in [0.29, 0.717) is 27.8 Å². The molecule has 158 valence electrons. The molecule has 3 N–H and O–H groups in total. The molecule has 3 aromatic rings. The number of nitrogens with one attached hydrogen (secondary N) is 1. The van der Waals surface area contributed by atoms with Gasteiger partial charge in [-0.05, 0) is 29.5 Å². The van der Waals surface area contributed by atoms with Crippen LogP contribution in [0.25, 0.3) is 5.82 Å². The fourth-order valence-corrected chi connectivity index (χ4v) is 2.98. The summed E-state index contributed by atoms with van der Waals surface area (Å²) in [5, 5.41) is 19.9. The van der Waals surface area contributed by atoms with Crippen LogP contribution < -0.4 is 11.2 Å². The van der Waals surface area contributed by atoms with Crippen molar-refractivity contribution < 1.29 is 9.42 Å². The number of hydrazone groups is 1. The summed E-state index contributed by atoms with van der Waals surface area (Å²) in [4.78, 5) is 14.8. The van der Waals surface area contributed by atoms with E-state index < -0.39 is 5.91 Å². The first-order valence-electron chi connectivity index (χ1n) is 8.98. The van der Waals surface area contributed by atoms with Crippen molar-refractivity contribution in [3.05, 3.63) is 45.2 Å². The van der Waals surface area contributed by atoms with Crippen molar-refractivity contribution in [1.29, 1.82) is 0 Å². The Labute approximate surface area is 181 Å². The summed E-state index contributed by atoms with van der Waals surface area (Å²) in [6.07, 6.45) is 1.39. The number of rotatable bonds is 8. The zero-order chi connectivity index (χ0) is 21.7. The van der Waals surface area contributed by atoms with Crippen LogP contribution in [0, 0.1) is 0 Å². The van der Waals surface area contributed by atoms with E-state index in [4.69, 9.17) is 28.9 Å². The van der Waals surface area contributed by atoms with Crippen LogP contribution in [-0.2, 0) is 6.54 Å². The van der Waals surface area contributed by atoms with Gasteiger partial charge in [-0.3, -0.25) is 9.69 Å². The maximum absolute atomic E-state index is 12.7. The predicted molar refractivity (Wildman–Crippen MR) is 112 cm³/mol. The van der Waals surface area contributed by atoms with Gasteiger partial charge in [0.1, 0.15) is 0 Å². The van der Waals surface area contributed by atoms with E-state index in [9.17, 15) is 4.79 Å². The van der Waals surface area contributed by atoms with Crippen molar-refractivity contribution in [3.8, 4) is 5.82 Å².